The van der Waals surface area contributed by atoms with E-state index in [0.29, 0.717) is 10.3 Å². The Labute approximate surface area is 69.7 Å². The average molecular weight is 165 g/mol. The standard InChI is InChI=1S/C7H7N3S/c1-2-6-9-5(4-8)3-7(11)10-6/h3H,2H2,1H3,(H,9,10,11). The molecule has 1 aromatic heterocycles. The number of aromatic nitrogens is 2. The topological polar surface area (TPSA) is 52.5 Å². The van der Waals surface area contributed by atoms with Gasteiger partial charge in [-0.1, -0.05) is 19.1 Å². The fraction of sp³-hybridized carbons (Fsp3) is 0.286. The van der Waals surface area contributed by atoms with Crippen LogP contribution in [0.3, 0.4) is 0 Å². The van der Waals surface area contributed by atoms with Gasteiger partial charge in [-0.2, -0.15) is 5.26 Å². The molecule has 0 radical (unpaired) electrons. The molecule has 0 spiro atoms. The minimum atomic E-state index is 0.470. The van der Waals surface area contributed by atoms with Gasteiger partial charge in [-0.15, -0.1) is 0 Å². The van der Waals surface area contributed by atoms with Crippen molar-refractivity contribution < 1.29 is 0 Å². The lowest BCUT2D eigenvalue weighted by Crippen LogP contribution is -1.94. The molecular formula is C7H7N3S. The second kappa shape index (κ2) is 3.26. The summed E-state index contributed by atoms with van der Waals surface area (Å²) in [6.45, 7) is 1.95. The third-order valence-electron chi connectivity index (χ3n) is 1.25. The van der Waals surface area contributed by atoms with Crippen molar-refractivity contribution in [1.82, 2.24) is 9.97 Å². The zero-order valence-electron chi connectivity index (χ0n) is 6.09. The summed E-state index contributed by atoms with van der Waals surface area (Å²) < 4.78 is 0.470. The van der Waals surface area contributed by atoms with Crippen LogP contribution in [-0.4, -0.2) is 9.97 Å². The van der Waals surface area contributed by atoms with E-state index in [2.05, 4.69) is 9.97 Å². The van der Waals surface area contributed by atoms with E-state index in [9.17, 15) is 0 Å². The van der Waals surface area contributed by atoms with Crippen LogP contribution in [0.2, 0.25) is 0 Å². The Balaban J connectivity index is 3.26. The van der Waals surface area contributed by atoms with Gasteiger partial charge in [0.05, 0.1) is 0 Å². The third kappa shape index (κ3) is 1.85. The van der Waals surface area contributed by atoms with E-state index in [1.165, 1.54) is 0 Å². The van der Waals surface area contributed by atoms with Crippen LogP contribution in [0.5, 0.6) is 0 Å². The van der Waals surface area contributed by atoms with Crippen molar-refractivity contribution in [3.05, 3.63) is 22.2 Å². The quantitative estimate of drug-likeness (QED) is 0.643. The molecule has 0 saturated carbocycles. The van der Waals surface area contributed by atoms with Crippen LogP contribution in [0.15, 0.2) is 6.07 Å². The normalized spacial score (nSPS) is 9.09. The van der Waals surface area contributed by atoms with Gasteiger partial charge in [0, 0.05) is 12.5 Å². The maximum Gasteiger partial charge on any atom is 0.131 e. The molecule has 4 heteroatoms. The molecule has 0 aliphatic carbocycles. The van der Waals surface area contributed by atoms with Gasteiger partial charge in [0.25, 0.3) is 0 Å². The second-order valence-electron chi connectivity index (χ2n) is 2.05. The number of hydrogen-bond donors (Lipinski definition) is 1. The first-order valence-corrected chi connectivity index (χ1v) is 3.67. The lowest BCUT2D eigenvalue weighted by atomic mass is 10.4. The van der Waals surface area contributed by atoms with Crippen LogP contribution in [0.1, 0.15) is 18.4 Å². The molecule has 3 nitrogen and oxygen atoms in total. The first-order chi connectivity index (χ1) is 5.26. The molecular weight excluding hydrogens is 158 g/mol. The maximum absolute atomic E-state index is 8.53. The lowest BCUT2D eigenvalue weighted by molar-refractivity contribution is 0.924. The molecule has 0 saturated heterocycles. The maximum atomic E-state index is 8.53. The molecule has 1 aromatic rings. The largest absolute Gasteiger partial charge is 0.335 e. The Morgan fingerprint density at radius 1 is 1.82 bits per heavy atom. The second-order valence-corrected chi connectivity index (χ2v) is 2.46. The predicted octanol–water partition coefficient (Wildman–Crippen LogP) is 1.57. The Morgan fingerprint density at radius 3 is 3.09 bits per heavy atom. The number of nitrogens with zero attached hydrogens (tertiary/aromatic N) is 2. The highest BCUT2D eigenvalue weighted by molar-refractivity contribution is 7.71. The molecule has 0 aliphatic rings. The molecule has 0 aromatic carbocycles. The lowest BCUT2D eigenvalue weighted by Gasteiger charge is -1.95. The highest BCUT2D eigenvalue weighted by atomic mass is 32.1. The number of aryl methyl sites for hydroxylation is 1. The number of nitrogens with one attached hydrogen (secondary N) is 1. The van der Waals surface area contributed by atoms with E-state index in [4.69, 9.17) is 17.5 Å². The van der Waals surface area contributed by atoms with Gasteiger partial charge in [-0.3, -0.25) is 0 Å². The monoisotopic (exact) mass is 165 g/mol. The first-order valence-electron chi connectivity index (χ1n) is 3.26. The molecule has 0 unspecified atom stereocenters. The van der Waals surface area contributed by atoms with Crippen molar-refractivity contribution in [2.45, 2.75) is 13.3 Å². The number of rotatable bonds is 1. The summed E-state index contributed by atoms with van der Waals surface area (Å²) in [5.41, 5.74) is 0.474. The summed E-state index contributed by atoms with van der Waals surface area (Å²) in [5.74, 6) is 0.758. The van der Waals surface area contributed by atoms with Crippen LogP contribution in [0.25, 0.3) is 0 Å². The predicted molar refractivity (Wildman–Crippen MR) is 43.5 cm³/mol. The minimum absolute atomic E-state index is 0.470. The van der Waals surface area contributed by atoms with Crippen LogP contribution < -0.4 is 0 Å². The molecule has 0 aliphatic heterocycles. The number of nitriles is 1. The van der Waals surface area contributed by atoms with E-state index < -0.39 is 0 Å². The molecule has 1 N–H and O–H groups in total. The SMILES string of the molecule is CCc1nc(=S)cc(C#N)[nH]1. The first kappa shape index (κ1) is 7.89. The van der Waals surface area contributed by atoms with Crippen molar-refractivity contribution in [3.63, 3.8) is 0 Å². The highest BCUT2D eigenvalue weighted by Gasteiger charge is 1.93. The van der Waals surface area contributed by atoms with E-state index in [-0.39, 0.29) is 0 Å². The molecule has 56 valence electrons. The number of H-pyrrole nitrogens is 1. The van der Waals surface area contributed by atoms with Crippen LogP contribution in [0.4, 0.5) is 0 Å². The highest BCUT2D eigenvalue weighted by Crippen LogP contribution is 1.96. The zero-order chi connectivity index (χ0) is 8.27. The molecule has 0 bridgehead atoms. The summed E-state index contributed by atoms with van der Waals surface area (Å²) in [4.78, 5) is 6.85. The molecule has 0 fully saturated rings. The van der Waals surface area contributed by atoms with Gasteiger partial charge in [0.1, 0.15) is 22.2 Å². The van der Waals surface area contributed by atoms with Crippen LogP contribution in [0, 0.1) is 16.0 Å². The summed E-state index contributed by atoms with van der Waals surface area (Å²) in [5, 5.41) is 8.53. The minimum Gasteiger partial charge on any atom is -0.335 e. The fourth-order valence-corrected chi connectivity index (χ4v) is 0.964. The fourth-order valence-electron chi connectivity index (χ4n) is 0.736. The summed E-state index contributed by atoms with van der Waals surface area (Å²) in [6, 6.07) is 3.53. The molecule has 1 rings (SSSR count). The van der Waals surface area contributed by atoms with E-state index in [1.807, 2.05) is 13.0 Å². The van der Waals surface area contributed by atoms with E-state index >= 15 is 0 Å². The van der Waals surface area contributed by atoms with Crippen molar-refractivity contribution in [1.29, 1.82) is 5.26 Å². The summed E-state index contributed by atoms with van der Waals surface area (Å²) in [7, 11) is 0. The molecule has 0 amide bonds. The van der Waals surface area contributed by atoms with Crippen molar-refractivity contribution in [3.8, 4) is 6.07 Å². The molecule has 11 heavy (non-hydrogen) atoms. The number of hydrogen-bond acceptors (Lipinski definition) is 3. The average Bonchev–Trinajstić information content (AvgIpc) is 2.03. The van der Waals surface area contributed by atoms with Gasteiger partial charge in [-0.05, 0) is 0 Å². The van der Waals surface area contributed by atoms with E-state index in [0.717, 1.165) is 12.2 Å². The van der Waals surface area contributed by atoms with E-state index in [1.54, 1.807) is 6.07 Å². The Bertz CT molecular complexity index is 347. The smallest absolute Gasteiger partial charge is 0.131 e. The third-order valence-corrected chi connectivity index (χ3v) is 1.46. The zero-order valence-corrected chi connectivity index (χ0v) is 6.90. The Hall–Kier alpha value is -1.21. The van der Waals surface area contributed by atoms with Gasteiger partial charge in [-0.25, -0.2) is 4.98 Å². The van der Waals surface area contributed by atoms with Crippen LogP contribution >= 0.6 is 12.2 Å². The van der Waals surface area contributed by atoms with Gasteiger partial charge in [0.15, 0.2) is 0 Å². The summed E-state index contributed by atoms with van der Waals surface area (Å²) in [6.07, 6.45) is 0.763. The molecule has 1 heterocycles. The Morgan fingerprint density at radius 2 is 2.55 bits per heavy atom. The van der Waals surface area contributed by atoms with Crippen molar-refractivity contribution >= 4 is 12.2 Å². The van der Waals surface area contributed by atoms with Gasteiger partial charge in [0.2, 0.25) is 0 Å². The van der Waals surface area contributed by atoms with Crippen molar-refractivity contribution in [2.75, 3.05) is 0 Å². The summed E-state index contributed by atoms with van der Waals surface area (Å²) >= 11 is 4.84. The molecule has 0 atom stereocenters. The van der Waals surface area contributed by atoms with Crippen LogP contribution in [-0.2, 0) is 6.42 Å². The van der Waals surface area contributed by atoms with Gasteiger partial charge >= 0.3 is 0 Å². The number of aromatic amines is 1. The Kier molecular flexibility index (Phi) is 2.34. The van der Waals surface area contributed by atoms with Gasteiger partial charge < -0.3 is 4.98 Å². The van der Waals surface area contributed by atoms with Crippen molar-refractivity contribution in [2.24, 2.45) is 0 Å².